The molecule has 4 aromatic rings. The molecule has 0 radical (unpaired) electrons. The van der Waals surface area contributed by atoms with Crippen molar-refractivity contribution >= 4 is 23.8 Å². The smallest absolute Gasteiger partial charge is 0.325 e. The summed E-state index contributed by atoms with van der Waals surface area (Å²) in [6, 6.07) is 28.4. The average molecular weight is 658 g/mol. The Labute approximate surface area is 278 Å². The summed E-state index contributed by atoms with van der Waals surface area (Å²) in [6.45, 7) is 4.08. The summed E-state index contributed by atoms with van der Waals surface area (Å²) in [4.78, 5) is 23.8. The number of benzene rings is 3. The van der Waals surface area contributed by atoms with Gasteiger partial charge in [-0.15, -0.1) is 0 Å². The van der Waals surface area contributed by atoms with E-state index in [0.717, 1.165) is 38.1 Å². The van der Waals surface area contributed by atoms with E-state index in [4.69, 9.17) is 14.2 Å². The minimum absolute atomic E-state index is 0.0179. The molecule has 10 nitrogen and oxygen atoms in total. The number of urea groups is 1. The molecule has 1 aromatic heterocycles. The number of carbonyl (C=O) groups excluding carboxylic acids is 2. The second-order valence-electron chi connectivity index (χ2n) is 11.1. The third-order valence-corrected chi connectivity index (χ3v) is 9.06. The third kappa shape index (κ3) is 8.89. The number of carbonyl (C=O) groups is 2. The highest BCUT2D eigenvalue weighted by Gasteiger charge is 2.38. The van der Waals surface area contributed by atoms with E-state index in [0.29, 0.717) is 10.8 Å². The number of hydrogen-bond acceptors (Lipinski definition) is 8. The van der Waals surface area contributed by atoms with E-state index >= 15 is 0 Å². The van der Waals surface area contributed by atoms with Gasteiger partial charge in [-0.3, -0.25) is 4.79 Å². The van der Waals surface area contributed by atoms with E-state index in [1.807, 2.05) is 78.9 Å². The van der Waals surface area contributed by atoms with Crippen LogP contribution in [0.5, 0.6) is 0 Å². The van der Waals surface area contributed by atoms with Gasteiger partial charge in [0, 0.05) is 35.9 Å². The number of aliphatic hydroxyl groups excluding tert-OH is 1. The number of amides is 2. The molecule has 11 heteroatoms. The van der Waals surface area contributed by atoms with Crippen molar-refractivity contribution in [2.75, 3.05) is 18.9 Å². The molecule has 2 amide bonds. The maximum absolute atomic E-state index is 12.3. The molecule has 3 aromatic carbocycles. The molecule has 0 spiro atoms. The van der Waals surface area contributed by atoms with Crippen LogP contribution in [-0.4, -0.2) is 42.1 Å². The van der Waals surface area contributed by atoms with Gasteiger partial charge in [0.25, 0.3) is 5.03 Å². The Bertz CT molecular complexity index is 1630. The molecular weight excluding hydrogens is 618 g/mol. The van der Waals surface area contributed by atoms with Crippen molar-refractivity contribution in [3.63, 3.8) is 0 Å². The van der Waals surface area contributed by atoms with Crippen molar-refractivity contribution < 1.29 is 33.6 Å². The summed E-state index contributed by atoms with van der Waals surface area (Å²) >= 11 is 1.45. The van der Waals surface area contributed by atoms with Gasteiger partial charge in [0.1, 0.15) is 6.54 Å². The number of hydrogen-bond donors (Lipinski definition) is 3. The molecule has 1 aliphatic heterocycles. The molecule has 2 heterocycles. The minimum Gasteiger partial charge on any atom is -0.618 e. The van der Waals surface area contributed by atoms with Gasteiger partial charge in [-0.05, 0) is 40.8 Å². The van der Waals surface area contributed by atoms with Crippen LogP contribution in [0.1, 0.15) is 48.5 Å². The molecule has 3 N–H and O–H groups in total. The van der Waals surface area contributed by atoms with Crippen LogP contribution in [0.25, 0.3) is 11.1 Å². The molecule has 1 aliphatic rings. The van der Waals surface area contributed by atoms with Crippen LogP contribution in [0.4, 0.5) is 4.79 Å². The van der Waals surface area contributed by atoms with E-state index < -0.39 is 18.3 Å². The second-order valence-corrected chi connectivity index (χ2v) is 12.2. The molecule has 4 atom stereocenters. The molecule has 246 valence electrons. The van der Waals surface area contributed by atoms with Crippen molar-refractivity contribution in [1.82, 2.24) is 10.6 Å². The summed E-state index contributed by atoms with van der Waals surface area (Å²) in [7, 11) is 0. The standard InChI is InChI=1S/C36H39N3O7S/c1-3-44-33(41)21-38-36(42)37-20-29-8-4-5-9-30(29)26-15-17-28(18-16-26)35-45-31(23-47-32-10-6-7-19-39(32)43)24(2)34(46-35)27-13-11-25(22-40)12-14-27/h4-19,24,31,34-35,40H,3,20-23H2,1-2H3,(H2,37,38,42). The Hall–Kier alpha value is -4.42. The van der Waals surface area contributed by atoms with Crippen molar-refractivity contribution in [1.29, 1.82) is 0 Å². The SMILES string of the molecule is CCOC(=O)CNC(=O)NCc1ccccc1-c1ccc(C2OC(CSc3cccc[n+]3[O-])C(C)C(c3ccc(CO)cc3)O2)cc1. The quantitative estimate of drug-likeness (QED) is 0.0796. The summed E-state index contributed by atoms with van der Waals surface area (Å²) in [5.41, 5.74) is 5.47. The lowest BCUT2D eigenvalue weighted by atomic mass is 9.91. The van der Waals surface area contributed by atoms with Gasteiger partial charge >= 0.3 is 12.0 Å². The van der Waals surface area contributed by atoms with Crippen LogP contribution in [0.2, 0.25) is 0 Å². The van der Waals surface area contributed by atoms with Crippen LogP contribution < -0.4 is 15.4 Å². The van der Waals surface area contributed by atoms with E-state index in [9.17, 15) is 19.9 Å². The zero-order valence-electron chi connectivity index (χ0n) is 26.3. The number of ether oxygens (including phenoxy) is 3. The van der Waals surface area contributed by atoms with Crippen LogP contribution in [0, 0.1) is 11.1 Å². The predicted octanol–water partition coefficient (Wildman–Crippen LogP) is 5.43. The molecule has 0 aliphatic carbocycles. The van der Waals surface area contributed by atoms with Crippen molar-refractivity contribution in [2.45, 2.75) is 50.5 Å². The average Bonchev–Trinajstić information content (AvgIpc) is 3.10. The fraction of sp³-hybridized carbons (Fsp3) is 0.306. The zero-order valence-corrected chi connectivity index (χ0v) is 27.2. The van der Waals surface area contributed by atoms with E-state index in [2.05, 4.69) is 17.6 Å². The Morgan fingerprint density at radius 3 is 2.38 bits per heavy atom. The third-order valence-electron chi connectivity index (χ3n) is 7.96. The number of nitrogens with one attached hydrogen (secondary N) is 2. The fourth-order valence-electron chi connectivity index (χ4n) is 5.38. The number of aliphatic hydroxyl groups is 1. The topological polar surface area (TPSA) is 133 Å². The molecule has 47 heavy (non-hydrogen) atoms. The lowest BCUT2D eigenvalue weighted by molar-refractivity contribution is -0.645. The fourth-order valence-corrected chi connectivity index (χ4v) is 6.46. The molecular formula is C36H39N3O7S. The number of nitrogens with zero attached hydrogens (tertiary/aromatic N) is 1. The summed E-state index contributed by atoms with van der Waals surface area (Å²) < 4.78 is 18.8. The Kier molecular flexibility index (Phi) is 11.9. The highest BCUT2D eigenvalue weighted by molar-refractivity contribution is 7.99. The zero-order chi connectivity index (χ0) is 33.2. The second kappa shape index (κ2) is 16.4. The van der Waals surface area contributed by atoms with E-state index in [-0.39, 0.29) is 44.4 Å². The van der Waals surface area contributed by atoms with Crippen molar-refractivity contribution in [3.05, 3.63) is 125 Å². The molecule has 4 unspecified atom stereocenters. The monoisotopic (exact) mass is 657 g/mol. The minimum atomic E-state index is -0.650. The Morgan fingerprint density at radius 1 is 0.936 bits per heavy atom. The first-order chi connectivity index (χ1) is 22.9. The summed E-state index contributed by atoms with van der Waals surface area (Å²) in [5.74, 6) is 0.0478. The first kappa shape index (κ1) is 33.9. The Balaban J connectivity index is 1.32. The normalized spacial score (nSPS) is 19.1. The van der Waals surface area contributed by atoms with Gasteiger partial charge in [-0.25, -0.2) is 4.79 Å². The lowest BCUT2D eigenvalue weighted by Gasteiger charge is -2.41. The van der Waals surface area contributed by atoms with Crippen molar-refractivity contribution in [3.8, 4) is 11.1 Å². The van der Waals surface area contributed by atoms with Crippen molar-refractivity contribution in [2.24, 2.45) is 5.92 Å². The largest absolute Gasteiger partial charge is 0.618 e. The predicted molar refractivity (Wildman–Crippen MR) is 178 cm³/mol. The molecule has 1 saturated heterocycles. The first-order valence-electron chi connectivity index (χ1n) is 15.5. The van der Waals surface area contributed by atoms with Gasteiger partial charge in [0.2, 0.25) is 0 Å². The highest BCUT2D eigenvalue weighted by atomic mass is 32.2. The van der Waals surface area contributed by atoms with Gasteiger partial charge in [0.15, 0.2) is 12.5 Å². The number of aromatic nitrogens is 1. The summed E-state index contributed by atoms with van der Waals surface area (Å²) in [5, 5.41) is 27.7. The van der Waals surface area contributed by atoms with Crippen LogP contribution in [0.3, 0.4) is 0 Å². The number of esters is 1. The maximum Gasteiger partial charge on any atom is 0.325 e. The molecule has 1 fully saturated rings. The van der Waals surface area contributed by atoms with Crippen LogP contribution >= 0.6 is 11.8 Å². The Morgan fingerprint density at radius 2 is 1.66 bits per heavy atom. The lowest BCUT2D eigenvalue weighted by Crippen LogP contribution is -2.39. The number of rotatable bonds is 12. The molecule has 5 rings (SSSR count). The van der Waals surface area contributed by atoms with Crippen LogP contribution in [0.15, 0.2) is 102 Å². The van der Waals surface area contributed by atoms with Gasteiger partial charge in [-0.2, -0.15) is 4.73 Å². The van der Waals surface area contributed by atoms with Gasteiger partial charge in [-0.1, -0.05) is 91.5 Å². The molecule has 0 bridgehead atoms. The number of thioether (sulfide) groups is 1. The maximum atomic E-state index is 12.3. The first-order valence-corrected chi connectivity index (χ1v) is 16.5. The summed E-state index contributed by atoms with van der Waals surface area (Å²) in [6.07, 6.45) is 0.344. The number of pyridine rings is 1. The van der Waals surface area contributed by atoms with E-state index in [1.165, 1.54) is 18.0 Å². The van der Waals surface area contributed by atoms with Crippen LogP contribution in [-0.2, 0) is 32.2 Å². The van der Waals surface area contributed by atoms with E-state index in [1.54, 1.807) is 19.1 Å². The highest BCUT2D eigenvalue weighted by Crippen LogP contribution is 2.43. The van der Waals surface area contributed by atoms with Gasteiger partial charge < -0.3 is 35.2 Å². The molecule has 0 saturated carbocycles. The van der Waals surface area contributed by atoms with Gasteiger partial charge in [0.05, 0.1) is 25.4 Å².